The molecule has 0 heterocycles. The van der Waals surface area contributed by atoms with Crippen molar-refractivity contribution in [3.63, 3.8) is 0 Å². The zero-order chi connectivity index (χ0) is 19.9. The van der Waals surface area contributed by atoms with E-state index in [0.29, 0.717) is 6.61 Å². The van der Waals surface area contributed by atoms with E-state index in [1.807, 2.05) is 48.5 Å². The largest absolute Gasteiger partial charge is 0.492 e. The van der Waals surface area contributed by atoms with Crippen LogP contribution in [-0.4, -0.2) is 31.6 Å². The van der Waals surface area contributed by atoms with Crippen molar-refractivity contribution in [3.8, 4) is 5.75 Å². The van der Waals surface area contributed by atoms with E-state index in [4.69, 9.17) is 27.9 Å². The zero-order valence-electron chi connectivity index (χ0n) is 15.6. The van der Waals surface area contributed by atoms with E-state index in [9.17, 15) is 0 Å². The molecule has 0 aliphatic carbocycles. The highest BCUT2D eigenvalue weighted by Crippen LogP contribution is 2.28. The van der Waals surface area contributed by atoms with Gasteiger partial charge in [0.2, 0.25) is 0 Å². The monoisotopic (exact) mass is 477 g/mol. The summed E-state index contributed by atoms with van der Waals surface area (Å²) in [6, 6.07) is 24.0. The van der Waals surface area contributed by atoms with E-state index >= 15 is 0 Å². The third-order valence-corrected chi connectivity index (χ3v) is 5.63. The average molecular weight is 479 g/mol. The molecule has 0 atom stereocenters. The number of hydrogen-bond acceptors (Lipinski definition) is 2. The molecule has 0 radical (unpaired) electrons. The van der Waals surface area contributed by atoms with E-state index in [1.54, 1.807) is 0 Å². The summed E-state index contributed by atoms with van der Waals surface area (Å²) < 4.78 is 6.91. The Labute approximate surface area is 185 Å². The Bertz CT molecular complexity index is 821. The summed E-state index contributed by atoms with van der Waals surface area (Å²) in [4.78, 5) is 2.28. The van der Waals surface area contributed by atoms with Gasteiger partial charge in [-0.2, -0.15) is 0 Å². The molecule has 0 aliphatic rings. The molecular weight excluding hydrogens is 457 g/mol. The van der Waals surface area contributed by atoms with Gasteiger partial charge in [-0.1, -0.05) is 63.4 Å². The van der Waals surface area contributed by atoms with Gasteiger partial charge in [0.15, 0.2) is 0 Å². The first-order valence-corrected chi connectivity index (χ1v) is 10.6. The van der Waals surface area contributed by atoms with Crippen molar-refractivity contribution >= 4 is 39.1 Å². The summed E-state index contributed by atoms with van der Waals surface area (Å²) >= 11 is 15.6. The number of nitrogens with zero attached hydrogens (tertiary/aromatic N) is 1. The fourth-order valence-corrected chi connectivity index (χ4v) is 3.56. The highest BCUT2D eigenvalue weighted by atomic mass is 79.9. The summed E-state index contributed by atoms with van der Waals surface area (Å²) in [7, 11) is 2.11. The van der Waals surface area contributed by atoms with E-state index in [-0.39, 0.29) is 5.92 Å². The molecule has 0 spiro atoms. The van der Waals surface area contributed by atoms with Crippen molar-refractivity contribution in [2.75, 3.05) is 26.7 Å². The van der Waals surface area contributed by atoms with Crippen LogP contribution in [0.25, 0.3) is 0 Å². The minimum absolute atomic E-state index is 0.229. The highest BCUT2D eigenvalue weighted by molar-refractivity contribution is 9.10. The normalized spacial score (nSPS) is 11.2. The van der Waals surface area contributed by atoms with Gasteiger partial charge < -0.3 is 9.64 Å². The Kier molecular flexibility index (Phi) is 7.81. The summed E-state index contributed by atoms with van der Waals surface area (Å²) in [5.41, 5.74) is 2.46. The smallest absolute Gasteiger partial charge is 0.119 e. The van der Waals surface area contributed by atoms with Crippen molar-refractivity contribution in [1.82, 2.24) is 4.90 Å². The molecule has 0 saturated carbocycles. The maximum absolute atomic E-state index is 6.08. The van der Waals surface area contributed by atoms with Gasteiger partial charge in [0, 0.05) is 33.5 Å². The van der Waals surface area contributed by atoms with Crippen molar-refractivity contribution < 1.29 is 4.74 Å². The van der Waals surface area contributed by atoms with Crippen LogP contribution in [0, 0.1) is 0 Å². The number of ether oxygens (including phenoxy) is 1. The minimum Gasteiger partial charge on any atom is -0.492 e. The molecule has 146 valence electrons. The molecule has 0 saturated heterocycles. The van der Waals surface area contributed by atoms with E-state index in [0.717, 1.165) is 33.4 Å². The summed E-state index contributed by atoms with van der Waals surface area (Å²) in [6.07, 6.45) is 0. The van der Waals surface area contributed by atoms with Crippen LogP contribution in [0.4, 0.5) is 0 Å². The molecule has 0 aliphatic heterocycles. The van der Waals surface area contributed by atoms with Gasteiger partial charge in [0.1, 0.15) is 12.4 Å². The van der Waals surface area contributed by atoms with Gasteiger partial charge >= 0.3 is 0 Å². The number of rotatable bonds is 8. The van der Waals surface area contributed by atoms with Gasteiger partial charge in [-0.05, 0) is 66.7 Å². The maximum Gasteiger partial charge on any atom is 0.119 e. The lowest BCUT2D eigenvalue weighted by molar-refractivity contribution is 0.233. The van der Waals surface area contributed by atoms with Gasteiger partial charge in [-0.15, -0.1) is 0 Å². The van der Waals surface area contributed by atoms with Crippen LogP contribution in [0.2, 0.25) is 10.0 Å². The van der Waals surface area contributed by atoms with Crippen LogP contribution in [0.5, 0.6) is 5.75 Å². The van der Waals surface area contributed by atoms with Crippen molar-refractivity contribution in [2.24, 2.45) is 0 Å². The molecule has 0 unspecified atom stereocenters. The number of benzene rings is 3. The third-order valence-electron chi connectivity index (χ3n) is 4.59. The lowest BCUT2D eigenvalue weighted by atomic mass is 9.91. The topological polar surface area (TPSA) is 12.5 Å². The fourth-order valence-electron chi connectivity index (χ4n) is 3.05. The Hall–Kier alpha value is -1.52. The molecular formula is C23H22BrCl2NO. The number of likely N-dealkylation sites (N-methyl/N-ethyl adjacent to an activating group) is 1. The van der Waals surface area contributed by atoms with Gasteiger partial charge in [0.05, 0.1) is 0 Å². The first-order chi connectivity index (χ1) is 13.5. The van der Waals surface area contributed by atoms with Crippen molar-refractivity contribution in [2.45, 2.75) is 5.92 Å². The van der Waals surface area contributed by atoms with E-state index in [1.165, 1.54) is 11.1 Å². The quantitative estimate of drug-likeness (QED) is 0.349. The molecule has 3 aromatic carbocycles. The van der Waals surface area contributed by atoms with E-state index in [2.05, 4.69) is 52.1 Å². The molecule has 3 aromatic rings. The molecule has 3 rings (SSSR count). The predicted octanol–water partition coefficient (Wildman–Crippen LogP) is 6.90. The summed E-state index contributed by atoms with van der Waals surface area (Å²) in [5.74, 6) is 1.11. The van der Waals surface area contributed by atoms with Crippen LogP contribution in [0.3, 0.4) is 0 Å². The first-order valence-electron chi connectivity index (χ1n) is 9.09. The van der Waals surface area contributed by atoms with Crippen LogP contribution < -0.4 is 4.74 Å². The molecule has 0 aromatic heterocycles. The van der Waals surface area contributed by atoms with Crippen LogP contribution >= 0.6 is 39.1 Å². The van der Waals surface area contributed by atoms with Crippen molar-refractivity contribution in [1.29, 1.82) is 0 Å². The van der Waals surface area contributed by atoms with Crippen LogP contribution in [-0.2, 0) is 0 Å². The Morgan fingerprint density at radius 2 is 1.32 bits per heavy atom. The molecule has 0 bridgehead atoms. The second kappa shape index (κ2) is 10.3. The number of hydrogen-bond donors (Lipinski definition) is 0. The molecule has 28 heavy (non-hydrogen) atoms. The number of halogens is 3. The first kappa shape index (κ1) is 21.2. The predicted molar refractivity (Wildman–Crippen MR) is 122 cm³/mol. The van der Waals surface area contributed by atoms with Gasteiger partial charge in [-0.25, -0.2) is 0 Å². The maximum atomic E-state index is 6.08. The van der Waals surface area contributed by atoms with Crippen LogP contribution in [0.1, 0.15) is 17.0 Å². The second-order valence-corrected chi connectivity index (χ2v) is 8.51. The van der Waals surface area contributed by atoms with Crippen molar-refractivity contribution in [3.05, 3.63) is 98.4 Å². The van der Waals surface area contributed by atoms with Crippen LogP contribution in [0.15, 0.2) is 77.3 Å². The summed E-state index contributed by atoms with van der Waals surface area (Å²) in [5, 5.41) is 1.49. The Balaban J connectivity index is 1.65. The Morgan fingerprint density at radius 1 is 0.821 bits per heavy atom. The SMILES string of the molecule is CN(CCOc1ccc(Br)cc1)CC(c1ccc(Cl)cc1)c1ccc(Cl)cc1. The Morgan fingerprint density at radius 3 is 1.82 bits per heavy atom. The molecule has 2 nitrogen and oxygen atoms in total. The molecule has 0 amide bonds. The molecule has 0 fully saturated rings. The minimum atomic E-state index is 0.229. The fraction of sp³-hybridized carbons (Fsp3) is 0.217. The average Bonchev–Trinajstić information content (AvgIpc) is 2.69. The lowest BCUT2D eigenvalue weighted by Crippen LogP contribution is -2.29. The lowest BCUT2D eigenvalue weighted by Gasteiger charge is -2.25. The standard InChI is InChI=1S/C23H22BrCl2NO/c1-27(14-15-28-22-12-6-19(24)7-13-22)16-23(17-2-8-20(25)9-3-17)18-4-10-21(26)11-5-18/h2-13,23H,14-16H2,1H3. The zero-order valence-corrected chi connectivity index (χ0v) is 18.7. The molecule has 0 N–H and O–H groups in total. The van der Waals surface area contributed by atoms with E-state index < -0.39 is 0 Å². The highest BCUT2D eigenvalue weighted by Gasteiger charge is 2.17. The molecule has 5 heteroatoms. The summed E-state index contributed by atoms with van der Waals surface area (Å²) in [6.45, 7) is 2.33. The second-order valence-electron chi connectivity index (χ2n) is 6.72. The third kappa shape index (κ3) is 6.25. The van der Waals surface area contributed by atoms with Gasteiger partial charge in [0.25, 0.3) is 0 Å². The van der Waals surface area contributed by atoms with Gasteiger partial charge in [-0.3, -0.25) is 0 Å².